The number of rotatable bonds is 7. The number of benzene rings is 1. The van der Waals surface area contributed by atoms with Crippen LogP contribution in [0.25, 0.3) is 0 Å². The van der Waals surface area contributed by atoms with Gasteiger partial charge < -0.3 is 20.5 Å². The molecule has 154 valence electrons. The molecule has 1 saturated heterocycles. The lowest BCUT2D eigenvalue weighted by molar-refractivity contribution is 0.0208. The second-order valence-corrected chi connectivity index (χ2v) is 7.38. The molecule has 0 saturated carbocycles. The van der Waals surface area contributed by atoms with Gasteiger partial charge in [-0.2, -0.15) is 0 Å². The largest absolute Gasteiger partial charge is 0.390 e. The summed E-state index contributed by atoms with van der Waals surface area (Å²) in [6, 6.07) is 8.24. The molecule has 2 aromatic rings. The van der Waals surface area contributed by atoms with Crippen LogP contribution < -0.4 is 10.6 Å². The quantitative estimate of drug-likeness (QED) is 0.624. The molecule has 0 radical (unpaired) electrons. The summed E-state index contributed by atoms with van der Waals surface area (Å²) >= 11 is 0. The minimum atomic E-state index is -0.806. The number of nitrogens with zero attached hydrogens (tertiary/aromatic N) is 3. The van der Waals surface area contributed by atoms with E-state index in [1.807, 2.05) is 12.1 Å². The smallest absolute Gasteiger partial charge is 0.273 e. The number of β-amino-alcohol motifs (C(OH)–C–C–N with tert-alkyl or cyclic N) is 1. The number of aliphatic hydroxyl groups excluding tert-OH is 1. The number of amides is 1. The minimum Gasteiger partial charge on any atom is -0.390 e. The lowest BCUT2D eigenvalue weighted by Crippen LogP contribution is -2.42. The molecule has 9 heteroatoms. The van der Waals surface area contributed by atoms with Gasteiger partial charge in [0.1, 0.15) is 6.33 Å². The highest BCUT2D eigenvalue weighted by molar-refractivity contribution is 5.93. The number of hydrogen-bond donors (Lipinski definition) is 3. The molecule has 4 rings (SSSR count). The molecule has 1 amide bonds. The fourth-order valence-electron chi connectivity index (χ4n) is 3.51. The lowest BCUT2D eigenvalue weighted by Gasteiger charge is -2.30. The number of fused-ring (bicyclic) bond motifs is 1. The standard InChI is InChI=1S/C20H24FN5O3/c21-17-18(23-12-24-19(17)25-15-10-29-11-15)20(28)22-7-16(27)9-26-6-5-13-3-1-2-4-14(13)8-26/h1-4,12,15-16,27H,5-11H2,(H,22,28)(H,23,24,25). The predicted molar refractivity (Wildman–Crippen MR) is 104 cm³/mol. The number of nitrogens with one attached hydrogen (secondary N) is 2. The third kappa shape index (κ3) is 4.69. The summed E-state index contributed by atoms with van der Waals surface area (Å²) < 4.78 is 19.6. The third-order valence-corrected chi connectivity index (χ3v) is 5.16. The van der Waals surface area contributed by atoms with Crippen molar-refractivity contribution in [3.8, 4) is 0 Å². The van der Waals surface area contributed by atoms with E-state index in [2.05, 4.69) is 37.6 Å². The molecule has 1 fully saturated rings. The fraction of sp³-hybridized carbons (Fsp3) is 0.450. The highest BCUT2D eigenvalue weighted by Gasteiger charge is 2.24. The SMILES string of the molecule is O=C(NCC(O)CN1CCc2ccccc2C1)c1ncnc(NC2COC2)c1F. The van der Waals surface area contributed by atoms with Crippen molar-refractivity contribution in [3.05, 3.63) is 53.2 Å². The van der Waals surface area contributed by atoms with Gasteiger partial charge in [-0.05, 0) is 17.5 Å². The Kier molecular flexibility index (Phi) is 5.98. The maximum absolute atomic E-state index is 14.5. The van der Waals surface area contributed by atoms with Gasteiger partial charge in [0.05, 0.1) is 25.4 Å². The second kappa shape index (κ2) is 8.81. The average Bonchev–Trinajstić information content (AvgIpc) is 2.70. The van der Waals surface area contributed by atoms with Crippen LogP contribution in [-0.2, 0) is 17.7 Å². The van der Waals surface area contributed by atoms with E-state index in [0.29, 0.717) is 19.8 Å². The number of aliphatic hydroxyl groups is 1. The van der Waals surface area contributed by atoms with Gasteiger partial charge in [-0.3, -0.25) is 9.69 Å². The third-order valence-electron chi connectivity index (χ3n) is 5.16. The van der Waals surface area contributed by atoms with Crippen LogP contribution in [0.3, 0.4) is 0 Å². The maximum Gasteiger partial charge on any atom is 0.273 e. The normalized spacial score (nSPS) is 17.9. The zero-order valence-corrected chi connectivity index (χ0v) is 16.0. The molecule has 0 spiro atoms. The predicted octanol–water partition coefficient (Wildman–Crippen LogP) is 0.575. The Labute approximate surface area is 168 Å². The van der Waals surface area contributed by atoms with E-state index in [1.54, 1.807) is 0 Å². The van der Waals surface area contributed by atoms with Crippen LogP contribution in [-0.4, -0.2) is 70.9 Å². The number of carbonyl (C=O) groups is 1. The monoisotopic (exact) mass is 401 g/mol. The lowest BCUT2D eigenvalue weighted by atomic mass is 10.00. The number of halogens is 1. The molecule has 2 aliphatic rings. The number of anilines is 1. The highest BCUT2D eigenvalue weighted by Crippen LogP contribution is 2.19. The Bertz CT molecular complexity index is 877. The Hall–Kier alpha value is -2.62. The molecule has 0 bridgehead atoms. The number of carbonyl (C=O) groups excluding carboxylic acids is 1. The van der Waals surface area contributed by atoms with Gasteiger partial charge in [0, 0.05) is 26.2 Å². The fourth-order valence-corrected chi connectivity index (χ4v) is 3.51. The zero-order chi connectivity index (χ0) is 20.2. The first-order valence-electron chi connectivity index (χ1n) is 9.70. The van der Waals surface area contributed by atoms with Gasteiger partial charge in [-0.25, -0.2) is 14.4 Å². The van der Waals surface area contributed by atoms with Crippen molar-refractivity contribution >= 4 is 11.7 Å². The van der Waals surface area contributed by atoms with E-state index in [0.717, 1.165) is 25.8 Å². The summed E-state index contributed by atoms with van der Waals surface area (Å²) in [6.45, 7) is 3.00. The summed E-state index contributed by atoms with van der Waals surface area (Å²) in [5, 5.41) is 15.8. The minimum absolute atomic E-state index is 0.0135. The molecule has 2 aliphatic heterocycles. The molecule has 8 nitrogen and oxygen atoms in total. The molecule has 3 N–H and O–H groups in total. The van der Waals surface area contributed by atoms with Crippen molar-refractivity contribution in [1.29, 1.82) is 0 Å². The Morgan fingerprint density at radius 2 is 2.10 bits per heavy atom. The second-order valence-electron chi connectivity index (χ2n) is 7.38. The van der Waals surface area contributed by atoms with Crippen LogP contribution in [0, 0.1) is 5.82 Å². The molecule has 29 heavy (non-hydrogen) atoms. The Morgan fingerprint density at radius 1 is 1.31 bits per heavy atom. The van der Waals surface area contributed by atoms with Crippen LogP contribution in [0.1, 0.15) is 21.6 Å². The van der Waals surface area contributed by atoms with Gasteiger partial charge in [0.15, 0.2) is 17.3 Å². The summed E-state index contributed by atoms with van der Waals surface area (Å²) in [5.41, 5.74) is 2.25. The van der Waals surface area contributed by atoms with Crippen molar-refractivity contribution in [2.45, 2.75) is 25.1 Å². The van der Waals surface area contributed by atoms with Crippen molar-refractivity contribution in [2.24, 2.45) is 0 Å². The van der Waals surface area contributed by atoms with Crippen LogP contribution in [0.4, 0.5) is 10.2 Å². The van der Waals surface area contributed by atoms with Crippen molar-refractivity contribution < 1.29 is 19.0 Å². The van der Waals surface area contributed by atoms with Crippen molar-refractivity contribution in [2.75, 3.05) is 38.2 Å². The Morgan fingerprint density at radius 3 is 2.86 bits per heavy atom. The zero-order valence-electron chi connectivity index (χ0n) is 16.0. The average molecular weight is 401 g/mol. The number of aromatic nitrogens is 2. The molecule has 1 unspecified atom stereocenters. The first-order chi connectivity index (χ1) is 14.1. The van der Waals surface area contributed by atoms with Crippen molar-refractivity contribution in [1.82, 2.24) is 20.2 Å². The van der Waals surface area contributed by atoms with Gasteiger partial charge in [-0.15, -0.1) is 0 Å². The van der Waals surface area contributed by atoms with Gasteiger partial charge >= 0.3 is 0 Å². The summed E-state index contributed by atoms with van der Waals surface area (Å²) in [6.07, 6.45) is 1.31. The highest BCUT2D eigenvalue weighted by atomic mass is 19.1. The van der Waals surface area contributed by atoms with E-state index in [4.69, 9.17) is 4.74 Å². The molecule has 1 atom stereocenters. The van der Waals surface area contributed by atoms with Crippen molar-refractivity contribution in [3.63, 3.8) is 0 Å². The van der Waals surface area contributed by atoms with Gasteiger partial charge in [0.25, 0.3) is 5.91 Å². The topological polar surface area (TPSA) is 99.6 Å². The van der Waals surface area contributed by atoms with E-state index < -0.39 is 17.8 Å². The van der Waals surface area contributed by atoms with Gasteiger partial charge in [-0.1, -0.05) is 24.3 Å². The first-order valence-corrected chi connectivity index (χ1v) is 9.70. The molecule has 1 aromatic carbocycles. The number of ether oxygens (including phenoxy) is 1. The summed E-state index contributed by atoms with van der Waals surface area (Å²) in [5.74, 6) is -1.51. The molecular formula is C20H24FN5O3. The first kappa shape index (κ1) is 19.7. The molecule has 1 aromatic heterocycles. The summed E-state index contributed by atoms with van der Waals surface area (Å²) in [7, 11) is 0. The van der Waals surface area contributed by atoms with Crippen LogP contribution in [0.5, 0.6) is 0 Å². The molecule has 3 heterocycles. The number of hydrogen-bond acceptors (Lipinski definition) is 7. The van der Waals surface area contributed by atoms with Gasteiger partial charge in [0.2, 0.25) is 0 Å². The molecule has 0 aliphatic carbocycles. The Balaban J connectivity index is 1.29. The van der Waals surface area contributed by atoms with Crippen LogP contribution in [0.2, 0.25) is 0 Å². The summed E-state index contributed by atoms with van der Waals surface area (Å²) in [4.78, 5) is 22.1. The van der Waals surface area contributed by atoms with E-state index in [9.17, 15) is 14.3 Å². The maximum atomic E-state index is 14.5. The van der Waals surface area contributed by atoms with E-state index >= 15 is 0 Å². The van der Waals surface area contributed by atoms with E-state index in [-0.39, 0.29) is 24.1 Å². The van der Waals surface area contributed by atoms with E-state index in [1.165, 1.54) is 11.1 Å². The molecular weight excluding hydrogens is 377 g/mol. The van der Waals surface area contributed by atoms with Crippen LogP contribution in [0.15, 0.2) is 30.6 Å². The van der Waals surface area contributed by atoms with Crippen LogP contribution >= 0.6 is 0 Å².